The molecule has 150 valence electrons. The lowest BCUT2D eigenvalue weighted by atomic mass is 9.98. The summed E-state index contributed by atoms with van der Waals surface area (Å²) in [5.74, 6) is 0. The van der Waals surface area contributed by atoms with E-state index in [9.17, 15) is 0 Å². The minimum Gasteiger partial charge on any atom is -0.321 e. The third-order valence-electron chi connectivity index (χ3n) is 4.32. The van der Waals surface area contributed by atoms with Crippen LogP contribution in [0.4, 0.5) is 0 Å². The lowest BCUT2D eigenvalue weighted by molar-refractivity contribution is 0.114. The highest BCUT2D eigenvalue weighted by Gasteiger charge is 2.48. The van der Waals surface area contributed by atoms with Crippen LogP contribution in [-0.2, 0) is 9.05 Å². The molecule has 1 aliphatic rings. The molecule has 0 saturated carbocycles. The summed E-state index contributed by atoms with van der Waals surface area (Å²) < 4.78 is 15.2. The van der Waals surface area contributed by atoms with Gasteiger partial charge in [0.15, 0.2) is 0 Å². The van der Waals surface area contributed by atoms with Gasteiger partial charge in [-0.3, -0.25) is 0 Å². The molecule has 0 N–H and O–H groups in total. The molecule has 7 heteroatoms. The highest BCUT2D eigenvalue weighted by molar-refractivity contribution is 8.77. The van der Waals surface area contributed by atoms with Crippen LogP contribution in [0, 0.1) is 11.3 Å². The van der Waals surface area contributed by atoms with E-state index in [0.29, 0.717) is 25.1 Å². The second-order valence-electron chi connectivity index (χ2n) is 7.69. The molecule has 3 unspecified atom stereocenters. The Morgan fingerprint density at radius 1 is 1.19 bits per heavy atom. The number of nitriles is 1. The Labute approximate surface area is 173 Å². The fourth-order valence-corrected chi connectivity index (χ4v) is 8.58. The van der Waals surface area contributed by atoms with Gasteiger partial charge in [0.2, 0.25) is 0 Å². The largest absolute Gasteiger partial charge is 0.321 e. The molecule has 1 aliphatic heterocycles. The summed E-state index contributed by atoms with van der Waals surface area (Å²) in [6.45, 7) is 13.6. The van der Waals surface area contributed by atoms with Crippen LogP contribution in [0.5, 0.6) is 0 Å². The smallest absolute Gasteiger partial charge is 0.259 e. The van der Waals surface area contributed by atoms with Gasteiger partial charge in [0.05, 0.1) is 30.5 Å². The average molecular weight is 427 g/mol. The number of hydrogen-bond acceptors (Lipinski definition) is 6. The van der Waals surface area contributed by atoms with Crippen molar-refractivity contribution < 1.29 is 9.05 Å². The molecule has 0 aliphatic carbocycles. The van der Waals surface area contributed by atoms with E-state index in [1.165, 1.54) is 5.56 Å². The van der Waals surface area contributed by atoms with E-state index >= 15 is 0 Å². The van der Waals surface area contributed by atoms with Crippen molar-refractivity contribution in [1.82, 2.24) is 4.67 Å². The van der Waals surface area contributed by atoms with Crippen LogP contribution in [-0.4, -0.2) is 34.2 Å². The fourth-order valence-electron chi connectivity index (χ4n) is 3.08. The highest BCUT2D eigenvalue weighted by atomic mass is 33.1. The van der Waals surface area contributed by atoms with Crippen molar-refractivity contribution in [1.29, 1.82) is 5.26 Å². The van der Waals surface area contributed by atoms with Crippen molar-refractivity contribution in [2.45, 2.75) is 76.1 Å². The Balaban J connectivity index is 2.27. The predicted molar refractivity (Wildman–Crippen MR) is 119 cm³/mol. The Hall–Kier alpha value is -0.280. The number of nitrogens with zero attached hydrogens (tertiary/aromatic N) is 2. The molecule has 1 aromatic rings. The summed E-state index contributed by atoms with van der Waals surface area (Å²) >= 11 is 0. The van der Waals surface area contributed by atoms with Gasteiger partial charge in [0.1, 0.15) is 0 Å². The third-order valence-corrected chi connectivity index (χ3v) is 10.1. The maximum absolute atomic E-state index is 8.91. The Morgan fingerprint density at radius 3 is 2.37 bits per heavy atom. The lowest BCUT2D eigenvalue weighted by Gasteiger charge is -2.39. The lowest BCUT2D eigenvalue weighted by Crippen LogP contribution is -2.39. The first-order valence-corrected chi connectivity index (χ1v) is 12.8. The van der Waals surface area contributed by atoms with E-state index in [1.807, 2.05) is 21.6 Å². The normalized spacial score (nSPS) is 23.1. The summed E-state index contributed by atoms with van der Waals surface area (Å²) in [5, 5.41) is 9.17. The summed E-state index contributed by atoms with van der Waals surface area (Å²) in [6, 6.07) is 13.4. The van der Waals surface area contributed by atoms with E-state index in [-0.39, 0.29) is 16.1 Å². The quantitative estimate of drug-likeness (QED) is 0.253. The molecular formula is C20H31N2O2PS2. The number of hydrogen-bond donors (Lipinski definition) is 0. The van der Waals surface area contributed by atoms with Gasteiger partial charge in [-0.15, -0.1) is 0 Å². The first-order valence-electron chi connectivity index (χ1n) is 9.42. The fraction of sp³-hybridized carbons (Fsp3) is 0.650. The van der Waals surface area contributed by atoms with Crippen molar-refractivity contribution in [2.24, 2.45) is 0 Å². The molecular weight excluding hydrogens is 395 g/mol. The van der Waals surface area contributed by atoms with Crippen LogP contribution in [0.15, 0.2) is 30.3 Å². The van der Waals surface area contributed by atoms with Crippen LogP contribution in [0.1, 0.15) is 58.8 Å². The Morgan fingerprint density at radius 2 is 1.81 bits per heavy atom. The van der Waals surface area contributed by atoms with Gasteiger partial charge in [-0.2, -0.15) is 5.26 Å². The van der Waals surface area contributed by atoms with Crippen LogP contribution in [0.3, 0.4) is 0 Å². The molecule has 2 rings (SSSR count). The number of benzene rings is 1. The van der Waals surface area contributed by atoms with Crippen molar-refractivity contribution >= 4 is 30.1 Å². The number of rotatable bonds is 9. The highest BCUT2D eigenvalue weighted by Crippen LogP contribution is 2.63. The maximum atomic E-state index is 8.91. The van der Waals surface area contributed by atoms with Crippen molar-refractivity contribution in [3.8, 4) is 6.07 Å². The maximum Gasteiger partial charge on any atom is 0.259 e. The standard InChI is InChI=1S/C20H31N2O2PS2/c1-15(2)22(16(3)4)25(23-14-10-13-21)24-19-18(26-27-20(19,5)6)17-11-8-7-9-12-17/h7-9,11-12,15-16,18-19H,10,14H2,1-6H3. The SMILES string of the molecule is CC(C)N(C(C)C)P(OCCC#N)OC1C(c2ccccc2)SSC1(C)C. The van der Waals surface area contributed by atoms with Gasteiger partial charge < -0.3 is 9.05 Å². The molecule has 4 nitrogen and oxygen atoms in total. The zero-order valence-corrected chi connectivity index (χ0v) is 19.6. The predicted octanol–water partition coefficient (Wildman–Crippen LogP) is 6.56. The van der Waals surface area contributed by atoms with E-state index in [0.717, 1.165) is 0 Å². The molecule has 0 spiro atoms. The second-order valence-corrected chi connectivity index (χ2v) is 12.1. The van der Waals surface area contributed by atoms with Crippen LogP contribution in [0.25, 0.3) is 0 Å². The van der Waals surface area contributed by atoms with Gasteiger partial charge in [-0.05, 0) is 47.1 Å². The van der Waals surface area contributed by atoms with Crippen molar-refractivity contribution in [3.05, 3.63) is 35.9 Å². The van der Waals surface area contributed by atoms with Gasteiger partial charge in [0.25, 0.3) is 8.53 Å². The zero-order valence-electron chi connectivity index (χ0n) is 17.1. The monoisotopic (exact) mass is 426 g/mol. The zero-order chi connectivity index (χ0) is 20.0. The van der Waals surface area contributed by atoms with Gasteiger partial charge in [-0.25, -0.2) is 4.67 Å². The molecule has 1 heterocycles. The molecule has 1 aromatic carbocycles. The second kappa shape index (κ2) is 10.5. The summed E-state index contributed by atoms with van der Waals surface area (Å²) in [7, 11) is 2.52. The van der Waals surface area contributed by atoms with E-state index in [2.05, 4.69) is 82.6 Å². The molecule has 1 fully saturated rings. The Bertz CT molecular complexity index is 614. The Kier molecular flexibility index (Phi) is 8.93. The van der Waals surface area contributed by atoms with Crippen LogP contribution < -0.4 is 0 Å². The molecule has 27 heavy (non-hydrogen) atoms. The topological polar surface area (TPSA) is 45.5 Å². The molecule has 0 radical (unpaired) electrons. The molecule has 1 saturated heterocycles. The summed E-state index contributed by atoms with van der Waals surface area (Å²) in [4.78, 5) is 0. The van der Waals surface area contributed by atoms with Crippen LogP contribution >= 0.6 is 30.1 Å². The van der Waals surface area contributed by atoms with Crippen molar-refractivity contribution in [2.75, 3.05) is 6.61 Å². The van der Waals surface area contributed by atoms with Gasteiger partial charge in [-0.1, -0.05) is 51.9 Å². The van der Waals surface area contributed by atoms with E-state index in [4.69, 9.17) is 14.3 Å². The minimum absolute atomic E-state index is 0.0238. The van der Waals surface area contributed by atoms with E-state index in [1.54, 1.807) is 0 Å². The average Bonchev–Trinajstić information content (AvgIpc) is 2.90. The summed E-state index contributed by atoms with van der Waals surface area (Å²) in [5.41, 5.74) is 1.29. The van der Waals surface area contributed by atoms with Gasteiger partial charge in [0, 0.05) is 16.8 Å². The van der Waals surface area contributed by atoms with Crippen LogP contribution in [0.2, 0.25) is 0 Å². The molecule has 3 atom stereocenters. The third kappa shape index (κ3) is 6.10. The summed E-state index contributed by atoms with van der Waals surface area (Å²) in [6.07, 6.45) is 0.411. The first-order chi connectivity index (χ1) is 12.8. The molecule has 0 aromatic heterocycles. The van der Waals surface area contributed by atoms with Crippen molar-refractivity contribution in [3.63, 3.8) is 0 Å². The minimum atomic E-state index is -1.25. The molecule has 0 bridgehead atoms. The molecule has 0 amide bonds. The van der Waals surface area contributed by atoms with E-state index < -0.39 is 8.53 Å². The van der Waals surface area contributed by atoms with Gasteiger partial charge >= 0.3 is 0 Å². The first kappa shape index (κ1) is 23.0.